The van der Waals surface area contributed by atoms with Crippen LogP contribution in [-0.2, 0) is 14.4 Å². The van der Waals surface area contributed by atoms with Gasteiger partial charge in [-0.25, -0.2) is 0 Å². The summed E-state index contributed by atoms with van der Waals surface area (Å²) in [7, 11) is 0. The zero-order valence-corrected chi connectivity index (χ0v) is 12.4. The third kappa shape index (κ3) is 5.45. The number of primary amides is 2. The van der Waals surface area contributed by atoms with Gasteiger partial charge in [0.05, 0.1) is 0 Å². The second kappa shape index (κ2) is 7.66. The summed E-state index contributed by atoms with van der Waals surface area (Å²) in [4.78, 5) is 34.6. The molecular formula is C13H13Cl2N3O3. The number of carbonyl (C=O) groups is 3. The van der Waals surface area contributed by atoms with E-state index in [2.05, 4.69) is 0 Å². The highest BCUT2D eigenvalue weighted by Gasteiger charge is 2.15. The Labute approximate surface area is 131 Å². The van der Waals surface area contributed by atoms with E-state index in [0.717, 1.165) is 11.0 Å². The predicted octanol–water partition coefficient (Wildman–Crippen LogP) is 0.806. The Morgan fingerprint density at radius 1 is 1.05 bits per heavy atom. The maximum atomic E-state index is 11.9. The molecule has 0 spiro atoms. The van der Waals surface area contributed by atoms with Crippen LogP contribution in [0.2, 0.25) is 10.0 Å². The molecule has 6 nitrogen and oxygen atoms in total. The van der Waals surface area contributed by atoms with Crippen molar-refractivity contribution in [3.8, 4) is 0 Å². The first-order valence-corrected chi connectivity index (χ1v) is 6.54. The number of rotatable bonds is 6. The molecule has 0 saturated heterocycles. The summed E-state index contributed by atoms with van der Waals surface area (Å²) in [5, 5.41) is 0.728. The number of hydrogen-bond donors (Lipinski definition) is 2. The van der Waals surface area contributed by atoms with E-state index < -0.39 is 30.8 Å². The van der Waals surface area contributed by atoms with Gasteiger partial charge in [-0.05, 0) is 18.2 Å². The van der Waals surface area contributed by atoms with Crippen molar-refractivity contribution in [2.45, 2.75) is 0 Å². The van der Waals surface area contributed by atoms with E-state index in [9.17, 15) is 14.4 Å². The van der Waals surface area contributed by atoms with Crippen molar-refractivity contribution in [2.24, 2.45) is 11.5 Å². The lowest BCUT2D eigenvalue weighted by Gasteiger charge is -2.17. The lowest BCUT2D eigenvalue weighted by Crippen LogP contribution is -2.42. The van der Waals surface area contributed by atoms with Crippen LogP contribution in [0.4, 0.5) is 0 Å². The number of carbonyl (C=O) groups excluding carboxylic acids is 3. The highest BCUT2D eigenvalue weighted by molar-refractivity contribution is 6.37. The van der Waals surface area contributed by atoms with Gasteiger partial charge in [0.15, 0.2) is 0 Å². The molecule has 0 aromatic heterocycles. The van der Waals surface area contributed by atoms with Crippen molar-refractivity contribution in [1.82, 2.24) is 4.90 Å². The number of benzene rings is 1. The molecule has 0 aliphatic carbocycles. The normalized spacial score (nSPS) is 10.6. The van der Waals surface area contributed by atoms with Crippen molar-refractivity contribution < 1.29 is 14.4 Å². The van der Waals surface area contributed by atoms with Crippen LogP contribution in [0.15, 0.2) is 24.3 Å². The molecule has 1 rings (SSSR count). The van der Waals surface area contributed by atoms with Crippen LogP contribution in [0.1, 0.15) is 5.56 Å². The minimum absolute atomic E-state index is 0.364. The molecule has 0 heterocycles. The number of amides is 3. The second-order valence-corrected chi connectivity index (χ2v) is 4.91. The third-order valence-electron chi connectivity index (χ3n) is 2.40. The fourth-order valence-corrected chi connectivity index (χ4v) is 2.04. The number of nitrogens with two attached hydrogens (primary N) is 2. The molecule has 0 unspecified atom stereocenters. The van der Waals surface area contributed by atoms with Crippen LogP contribution in [0.3, 0.4) is 0 Å². The van der Waals surface area contributed by atoms with Crippen LogP contribution >= 0.6 is 23.2 Å². The van der Waals surface area contributed by atoms with Gasteiger partial charge in [-0.3, -0.25) is 14.4 Å². The van der Waals surface area contributed by atoms with Crippen LogP contribution in [0.5, 0.6) is 0 Å². The molecule has 1 aromatic rings. The quantitative estimate of drug-likeness (QED) is 0.754. The standard InChI is InChI=1S/C13H13Cl2N3O3/c14-9-2-1-3-10(15)8(9)4-5-13(21)18(6-11(16)19)7-12(17)20/h1-5H,6-7H2,(H2,16,19)(H2,17,20)/b5-4+. The van der Waals surface area contributed by atoms with Gasteiger partial charge >= 0.3 is 0 Å². The van der Waals surface area contributed by atoms with Gasteiger partial charge in [0, 0.05) is 21.7 Å². The maximum Gasteiger partial charge on any atom is 0.247 e. The van der Waals surface area contributed by atoms with E-state index in [-0.39, 0.29) is 0 Å². The van der Waals surface area contributed by atoms with Gasteiger partial charge in [-0.1, -0.05) is 29.3 Å². The Morgan fingerprint density at radius 2 is 1.52 bits per heavy atom. The molecule has 3 amide bonds. The molecule has 4 N–H and O–H groups in total. The van der Waals surface area contributed by atoms with Gasteiger partial charge in [-0.2, -0.15) is 0 Å². The maximum absolute atomic E-state index is 11.9. The SMILES string of the molecule is NC(=O)CN(CC(N)=O)C(=O)/C=C/c1c(Cl)cccc1Cl. The van der Waals surface area contributed by atoms with E-state index in [4.69, 9.17) is 34.7 Å². The molecule has 0 atom stereocenters. The molecule has 8 heteroatoms. The van der Waals surface area contributed by atoms with Crippen molar-refractivity contribution in [1.29, 1.82) is 0 Å². The Hall–Kier alpha value is -2.05. The lowest BCUT2D eigenvalue weighted by atomic mass is 10.2. The smallest absolute Gasteiger partial charge is 0.247 e. The minimum atomic E-state index is -0.756. The fourth-order valence-electron chi connectivity index (χ4n) is 1.52. The Morgan fingerprint density at radius 3 is 1.95 bits per heavy atom. The zero-order chi connectivity index (χ0) is 16.0. The van der Waals surface area contributed by atoms with Gasteiger partial charge in [-0.15, -0.1) is 0 Å². The second-order valence-electron chi connectivity index (χ2n) is 4.10. The summed E-state index contributed by atoms with van der Waals surface area (Å²) in [6, 6.07) is 4.89. The molecule has 0 fully saturated rings. The monoisotopic (exact) mass is 329 g/mol. The molecule has 0 aliphatic heterocycles. The number of nitrogens with zero attached hydrogens (tertiary/aromatic N) is 1. The van der Waals surface area contributed by atoms with Crippen LogP contribution in [0.25, 0.3) is 6.08 Å². The van der Waals surface area contributed by atoms with E-state index in [1.807, 2.05) is 0 Å². The summed E-state index contributed by atoms with van der Waals surface area (Å²) in [6.45, 7) is -0.829. The molecule has 1 aromatic carbocycles. The van der Waals surface area contributed by atoms with Crippen molar-refractivity contribution in [2.75, 3.05) is 13.1 Å². The van der Waals surface area contributed by atoms with Gasteiger partial charge in [0.1, 0.15) is 13.1 Å². The molecule has 0 bridgehead atoms. The van der Waals surface area contributed by atoms with Crippen molar-refractivity contribution in [3.05, 3.63) is 39.9 Å². The van der Waals surface area contributed by atoms with Crippen molar-refractivity contribution in [3.63, 3.8) is 0 Å². The predicted molar refractivity (Wildman–Crippen MR) is 80.5 cm³/mol. The topological polar surface area (TPSA) is 106 Å². The number of halogens is 2. The van der Waals surface area contributed by atoms with E-state index >= 15 is 0 Å². The van der Waals surface area contributed by atoms with Gasteiger partial charge < -0.3 is 16.4 Å². The molecule has 0 aliphatic rings. The average molecular weight is 330 g/mol. The summed E-state index contributed by atoms with van der Waals surface area (Å²) >= 11 is 11.9. The first kappa shape index (κ1) is 17.0. The fraction of sp³-hybridized carbons (Fsp3) is 0.154. The highest BCUT2D eigenvalue weighted by atomic mass is 35.5. The van der Waals surface area contributed by atoms with Crippen LogP contribution in [-0.4, -0.2) is 35.7 Å². The van der Waals surface area contributed by atoms with Crippen molar-refractivity contribution >= 4 is 47.0 Å². The molecule has 0 saturated carbocycles. The Bertz CT molecular complexity index is 566. The van der Waals surface area contributed by atoms with E-state index in [1.54, 1.807) is 18.2 Å². The first-order chi connectivity index (χ1) is 9.81. The zero-order valence-electron chi connectivity index (χ0n) is 10.9. The summed E-state index contributed by atoms with van der Waals surface area (Å²) in [5.74, 6) is -2.12. The Kier molecular flexibility index (Phi) is 6.20. The summed E-state index contributed by atoms with van der Waals surface area (Å²) < 4.78 is 0. The first-order valence-electron chi connectivity index (χ1n) is 5.79. The van der Waals surface area contributed by atoms with Crippen LogP contribution < -0.4 is 11.5 Å². The van der Waals surface area contributed by atoms with E-state index in [0.29, 0.717) is 15.6 Å². The Balaban J connectivity index is 2.92. The largest absolute Gasteiger partial charge is 0.368 e. The highest BCUT2D eigenvalue weighted by Crippen LogP contribution is 2.25. The summed E-state index contributed by atoms with van der Waals surface area (Å²) in [5.41, 5.74) is 10.5. The summed E-state index contributed by atoms with van der Waals surface area (Å²) in [6.07, 6.45) is 2.53. The van der Waals surface area contributed by atoms with Gasteiger partial charge in [0.25, 0.3) is 0 Å². The van der Waals surface area contributed by atoms with Gasteiger partial charge in [0.2, 0.25) is 17.7 Å². The lowest BCUT2D eigenvalue weighted by molar-refractivity contribution is -0.134. The third-order valence-corrected chi connectivity index (χ3v) is 3.06. The molecule has 0 radical (unpaired) electrons. The van der Waals surface area contributed by atoms with Crippen LogP contribution in [0, 0.1) is 0 Å². The minimum Gasteiger partial charge on any atom is -0.368 e. The average Bonchev–Trinajstić information content (AvgIpc) is 2.36. The molecular weight excluding hydrogens is 317 g/mol. The molecule has 112 valence electrons. The number of hydrogen-bond acceptors (Lipinski definition) is 3. The van der Waals surface area contributed by atoms with E-state index in [1.165, 1.54) is 6.08 Å². The molecule has 21 heavy (non-hydrogen) atoms.